The summed E-state index contributed by atoms with van der Waals surface area (Å²) in [5, 5.41) is 30.8. The van der Waals surface area contributed by atoms with E-state index in [9.17, 15) is 15.0 Å². The van der Waals surface area contributed by atoms with Gasteiger partial charge in [0.2, 0.25) is 0 Å². The van der Waals surface area contributed by atoms with Crippen molar-refractivity contribution in [1.29, 1.82) is 0 Å². The highest BCUT2D eigenvalue weighted by atomic mass is 16.4. The van der Waals surface area contributed by atoms with Crippen molar-refractivity contribution < 1.29 is 20.1 Å². The van der Waals surface area contributed by atoms with Crippen LogP contribution in [0.2, 0.25) is 0 Å². The van der Waals surface area contributed by atoms with E-state index in [-0.39, 0.29) is 29.5 Å². The van der Waals surface area contributed by atoms with Gasteiger partial charge in [-0.3, -0.25) is 4.79 Å². The van der Waals surface area contributed by atoms with Gasteiger partial charge in [0.15, 0.2) is 0 Å². The molecule has 0 aliphatic heterocycles. The van der Waals surface area contributed by atoms with Gasteiger partial charge in [0, 0.05) is 6.42 Å². The number of carbonyl (C=O) groups is 1. The lowest BCUT2D eigenvalue weighted by molar-refractivity contribution is -0.175. The van der Waals surface area contributed by atoms with Crippen molar-refractivity contribution in [3.8, 4) is 0 Å². The van der Waals surface area contributed by atoms with Crippen LogP contribution in [0.5, 0.6) is 0 Å². The Hall–Kier alpha value is -0.610. The fraction of sp³-hybridized carbons (Fsp3) is 0.958. The van der Waals surface area contributed by atoms with E-state index in [2.05, 4.69) is 20.8 Å². The van der Waals surface area contributed by atoms with Crippen molar-refractivity contribution >= 4 is 5.97 Å². The van der Waals surface area contributed by atoms with Crippen LogP contribution in [0.15, 0.2) is 0 Å². The molecule has 0 saturated heterocycles. The molecule has 0 bridgehead atoms. The molecule has 4 rings (SSSR count). The third-order valence-electron chi connectivity index (χ3n) is 10.3. The zero-order valence-corrected chi connectivity index (χ0v) is 17.9. The number of fused-ring (bicyclic) bond motifs is 5. The third kappa shape index (κ3) is 3.05. The normalized spacial score (nSPS) is 51.7. The smallest absolute Gasteiger partial charge is 0.303 e. The quantitative estimate of drug-likeness (QED) is 0.659. The number of aliphatic carboxylic acids is 1. The Kier molecular flexibility index (Phi) is 5.36. The summed E-state index contributed by atoms with van der Waals surface area (Å²) in [6.45, 7) is 6.99. The molecule has 28 heavy (non-hydrogen) atoms. The minimum Gasteiger partial charge on any atom is -0.481 e. The number of hydrogen-bond acceptors (Lipinski definition) is 3. The molecular formula is C24H40O4. The number of aliphatic hydroxyl groups is 2. The number of aliphatic hydroxyl groups excluding tert-OH is 2. The van der Waals surface area contributed by atoms with Crippen LogP contribution in [0.25, 0.3) is 0 Å². The van der Waals surface area contributed by atoms with Crippen LogP contribution in [0.3, 0.4) is 0 Å². The van der Waals surface area contributed by atoms with E-state index in [1.807, 2.05) is 0 Å². The molecule has 4 aliphatic carbocycles. The van der Waals surface area contributed by atoms with Gasteiger partial charge in [-0.1, -0.05) is 20.8 Å². The lowest BCUT2D eigenvalue weighted by Crippen LogP contribution is -2.58. The fourth-order valence-electron chi connectivity index (χ4n) is 8.71. The van der Waals surface area contributed by atoms with Gasteiger partial charge in [0.05, 0.1) is 12.2 Å². The van der Waals surface area contributed by atoms with Crippen LogP contribution >= 0.6 is 0 Å². The molecule has 0 radical (unpaired) electrons. The summed E-state index contributed by atoms with van der Waals surface area (Å²) in [6, 6.07) is 0. The molecule has 4 saturated carbocycles. The van der Waals surface area contributed by atoms with Gasteiger partial charge in [-0.05, 0) is 104 Å². The van der Waals surface area contributed by atoms with Crippen LogP contribution in [0.4, 0.5) is 0 Å². The van der Waals surface area contributed by atoms with Gasteiger partial charge in [0.25, 0.3) is 0 Å². The number of carboxylic acid groups (broad SMARTS) is 1. The van der Waals surface area contributed by atoms with Crippen molar-refractivity contribution in [1.82, 2.24) is 0 Å². The second-order valence-electron chi connectivity index (χ2n) is 11.3. The average Bonchev–Trinajstić information content (AvgIpc) is 3.00. The Labute approximate surface area is 170 Å². The average molecular weight is 393 g/mol. The molecule has 0 aromatic heterocycles. The molecule has 4 aliphatic rings. The SMILES string of the molecule is CC(CCC(=O)O)[C@H]1CC[C@H]2C3CC[C@@H]4C[C@H](O)CC[C@]4(C)C3C[C@H](O)[C@]12C. The van der Waals surface area contributed by atoms with Crippen molar-refractivity contribution in [2.24, 2.45) is 46.3 Å². The Bertz CT molecular complexity index is 605. The van der Waals surface area contributed by atoms with Gasteiger partial charge in [-0.25, -0.2) is 0 Å². The van der Waals surface area contributed by atoms with E-state index >= 15 is 0 Å². The topological polar surface area (TPSA) is 77.8 Å². The summed E-state index contributed by atoms with van der Waals surface area (Å²) in [5.74, 6) is 2.55. The fourth-order valence-corrected chi connectivity index (χ4v) is 8.71. The highest BCUT2D eigenvalue weighted by Gasteiger charge is 2.63. The van der Waals surface area contributed by atoms with Gasteiger partial charge in [-0.15, -0.1) is 0 Å². The summed E-state index contributed by atoms with van der Waals surface area (Å²) in [4.78, 5) is 11.1. The van der Waals surface area contributed by atoms with Gasteiger partial charge < -0.3 is 15.3 Å². The zero-order chi connectivity index (χ0) is 20.3. The minimum absolute atomic E-state index is 0.0591. The molecule has 4 nitrogen and oxygen atoms in total. The molecule has 0 amide bonds. The van der Waals surface area contributed by atoms with Crippen LogP contribution in [-0.2, 0) is 4.79 Å². The second-order valence-corrected chi connectivity index (χ2v) is 11.3. The number of carboxylic acids is 1. The first kappa shape index (κ1) is 20.7. The van der Waals surface area contributed by atoms with E-state index in [1.165, 1.54) is 19.3 Å². The monoisotopic (exact) mass is 392 g/mol. The van der Waals surface area contributed by atoms with Crippen LogP contribution in [-0.4, -0.2) is 33.5 Å². The lowest BCUT2D eigenvalue weighted by atomic mass is 9.43. The number of hydrogen-bond donors (Lipinski definition) is 3. The Morgan fingerprint density at radius 2 is 1.79 bits per heavy atom. The molecular weight excluding hydrogens is 352 g/mol. The highest BCUT2D eigenvalue weighted by molar-refractivity contribution is 5.66. The minimum atomic E-state index is -0.707. The van der Waals surface area contributed by atoms with Crippen LogP contribution in [0.1, 0.15) is 85.0 Å². The lowest BCUT2D eigenvalue weighted by Gasteiger charge is -2.62. The Morgan fingerprint density at radius 3 is 2.50 bits per heavy atom. The highest BCUT2D eigenvalue weighted by Crippen LogP contribution is 2.68. The Balaban J connectivity index is 1.56. The van der Waals surface area contributed by atoms with Crippen molar-refractivity contribution in [2.45, 2.75) is 97.2 Å². The standard InChI is InChI=1S/C24H40O4/c1-14(4-9-22(27)28)18-7-8-19-17-6-5-15-12-16(25)10-11-23(15,2)20(17)13-21(26)24(18,19)3/h14-21,25-26H,4-13H2,1-3H3,(H,27,28)/t14?,15-,16-,17?,18-,19+,20?,21+,23+,24-/m1/s1. The molecule has 4 fully saturated rings. The molecule has 0 spiro atoms. The first-order valence-electron chi connectivity index (χ1n) is 11.8. The molecule has 0 aromatic rings. The summed E-state index contributed by atoms with van der Waals surface area (Å²) in [7, 11) is 0. The second kappa shape index (κ2) is 7.27. The summed E-state index contributed by atoms with van der Waals surface area (Å²) in [5.41, 5.74) is 0.216. The molecule has 0 heterocycles. The largest absolute Gasteiger partial charge is 0.481 e. The maximum absolute atomic E-state index is 11.5. The maximum Gasteiger partial charge on any atom is 0.303 e. The predicted octanol–water partition coefficient (Wildman–Crippen LogP) is 4.48. The summed E-state index contributed by atoms with van der Waals surface area (Å²) < 4.78 is 0. The molecule has 4 heteroatoms. The predicted molar refractivity (Wildman–Crippen MR) is 109 cm³/mol. The Morgan fingerprint density at radius 1 is 1.04 bits per heavy atom. The van der Waals surface area contributed by atoms with Gasteiger partial charge >= 0.3 is 5.97 Å². The molecule has 3 unspecified atom stereocenters. The van der Waals surface area contributed by atoms with Crippen LogP contribution in [0, 0.1) is 46.3 Å². The number of rotatable bonds is 4. The van der Waals surface area contributed by atoms with E-state index in [4.69, 9.17) is 5.11 Å². The van der Waals surface area contributed by atoms with E-state index in [0.29, 0.717) is 35.5 Å². The van der Waals surface area contributed by atoms with Crippen molar-refractivity contribution in [2.75, 3.05) is 0 Å². The van der Waals surface area contributed by atoms with Crippen molar-refractivity contribution in [3.63, 3.8) is 0 Å². The molecule has 3 N–H and O–H groups in total. The molecule has 0 aromatic carbocycles. The van der Waals surface area contributed by atoms with Gasteiger partial charge in [-0.2, -0.15) is 0 Å². The first-order chi connectivity index (χ1) is 13.2. The van der Waals surface area contributed by atoms with Crippen LogP contribution < -0.4 is 0 Å². The molecule has 10 atom stereocenters. The van der Waals surface area contributed by atoms with Crippen molar-refractivity contribution in [3.05, 3.63) is 0 Å². The maximum atomic E-state index is 11.5. The third-order valence-corrected chi connectivity index (χ3v) is 10.3. The summed E-state index contributed by atoms with van der Waals surface area (Å²) >= 11 is 0. The first-order valence-corrected chi connectivity index (χ1v) is 11.8. The van der Waals surface area contributed by atoms with E-state index in [0.717, 1.165) is 38.5 Å². The van der Waals surface area contributed by atoms with Gasteiger partial charge in [0.1, 0.15) is 0 Å². The molecule has 160 valence electrons. The zero-order valence-electron chi connectivity index (χ0n) is 17.9. The van der Waals surface area contributed by atoms with E-state index in [1.54, 1.807) is 0 Å². The van der Waals surface area contributed by atoms with E-state index < -0.39 is 5.97 Å². The summed E-state index contributed by atoms with van der Waals surface area (Å²) in [6.07, 6.45) is 9.26.